The first-order valence-electron chi connectivity index (χ1n) is 3.64. The van der Waals surface area contributed by atoms with Crippen LogP contribution < -0.4 is 5.73 Å². The van der Waals surface area contributed by atoms with Crippen LogP contribution in [-0.2, 0) is 14.3 Å². The third kappa shape index (κ3) is 1.77. The van der Waals surface area contributed by atoms with Crippen molar-refractivity contribution in [2.24, 2.45) is 5.73 Å². The van der Waals surface area contributed by atoms with Gasteiger partial charge in [0.05, 0.1) is 0 Å². The molecule has 0 unspecified atom stereocenters. The minimum atomic E-state index is -0.644. The van der Waals surface area contributed by atoms with Crippen molar-refractivity contribution in [1.82, 2.24) is 0 Å². The van der Waals surface area contributed by atoms with Gasteiger partial charge in [0.25, 0.3) is 0 Å². The first kappa shape index (κ1) is 8.20. The van der Waals surface area contributed by atoms with Crippen LogP contribution >= 0.6 is 0 Å². The maximum Gasteiger partial charge on any atom is 0.249 e. The molecule has 4 heteroatoms. The van der Waals surface area contributed by atoms with Gasteiger partial charge in [-0.2, -0.15) is 0 Å². The van der Waals surface area contributed by atoms with Crippen LogP contribution in [-0.4, -0.2) is 23.9 Å². The smallest absolute Gasteiger partial charge is 0.249 e. The highest BCUT2D eigenvalue weighted by Crippen LogP contribution is 2.23. The maximum atomic E-state index is 11.0. The van der Waals surface area contributed by atoms with Crippen LogP contribution in [0.1, 0.15) is 19.8 Å². The lowest BCUT2D eigenvalue weighted by molar-refractivity contribution is -0.121. The van der Waals surface area contributed by atoms with Crippen molar-refractivity contribution in [1.29, 1.82) is 0 Å². The van der Waals surface area contributed by atoms with Crippen molar-refractivity contribution in [2.75, 3.05) is 0 Å². The van der Waals surface area contributed by atoms with E-state index >= 15 is 0 Å². The number of ether oxygens (including phenoxy) is 1. The first-order chi connectivity index (χ1) is 5.16. The number of primary amides is 1. The maximum absolute atomic E-state index is 11.0. The van der Waals surface area contributed by atoms with Crippen molar-refractivity contribution in [3.8, 4) is 0 Å². The standard InChI is InChI=1S/C7H11NO3/c1-2-3-4(9)5-6(11-5)7(8)10/h5-6H,2-3H2,1H3,(H2,8,10)/t5-,6-/m0/s1. The fourth-order valence-electron chi connectivity index (χ4n) is 0.962. The number of nitrogens with two attached hydrogens (primary N) is 1. The fraction of sp³-hybridized carbons (Fsp3) is 0.714. The predicted molar refractivity (Wildman–Crippen MR) is 37.8 cm³/mol. The minimum absolute atomic E-state index is 0.0173. The van der Waals surface area contributed by atoms with E-state index in [1.165, 1.54) is 0 Å². The van der Waals surface area contributed by atoms with Crippen LogP contribution in [0.15, 0.2) is 0 Å². The van der Waals surface area contributed by atoms with E-state index in [1.807, 2.05) is 6.92 Å². The number of carbonyl (C=O) groups is 2. The van der Waals surface area contributed by atoms with Crippen LogP contribution in [0, 0.1) is 0 Å². The molecule has 0 aromatic carbocycles. The molecule has 0 aliphatic carbocycles. The third-order valence-corrected chi connectivity index (χ3v) is 1.59. The number of hydrogen-bond acceptors (Lipinski definition) is 3. The molecule has 2 N–H and O–H groups in total. The third-order valence-electron chi connectivity index (χ3n) is 1.59. The lowest BCUT2D eigenvalue weighted by Crippen LogP contribution is -2.22. The fourth-order valence-corrected chi connectivity index (χ4v) is 0.962. The summed E-state index contributed by atoms with van der Waals surface area (Å²) in [6, 6.07) is 0. The summed E-state index contributed by atoms with van der Waals surface area (Å²) in [5.41, 5.74) is 4.91. The molecule has 1 fully saturated rings. The average Bonchev–Trinajstić information content (AvgIpc) is 2.65. The Morgan fingerprint density at radius 1 is 1.45 bits per heavy atom. The second-order valence-corrected chi connectivity index (χ2v) is 2.60. The van der Waals surface area contributed by atoms with E-state index in [0.29, 0.717) is 6.42 Å². The largest absolute Gasteiger partial charge is 0.367 e. The lowest BCUT2D eigenvalue weighted by atomic mass is 10.1. The molecule has 2 atom stereocenters. The summed E-state index contributed by atoms with van der Waals surface area (Å²) in [5, 5.41) is 0. The monoisotopic (exact) mass is 157 g/mol. The zero-order valence-corrected chi connectivity index (χ0v) is 6.37. The van der Waals surface area contributed by atoms with Gasteiger partial charge in [0.1, 0.15) is 0 Å². The molecule has 0 saturated carbocycles. The number of ketones is 1. The Bertz CT molecular complexity index is 190. The zero-order chi connectivity index (χ0) is 8.43. The van der Waals surface area contributed by atoms with Gasteiger partial charge in [0.15, 0.2) is 18.0 Å². The summed E-state index contributed by atoms with van der Waals surface area (Å²) < 4.78 is 4.77. The van der Waals surface area contributed by atoms with Gasteiger partial charge in [-0.3, -0.25) is 9.59 Å². The Morgan fingerprint density at radius 3 is 2.45 bits per heavy atom. The van der Waals surface area contributed by atoms with Gasteiger partial charge in [-0.05, 0) is 6.42 Å². The summed E-state index contributed by atoms with van der Waals surface area (Å²) in [4.78, 5) is 21.4. The van der Waals surface area contributed by atoms with Crippen molar-refractivity contribution >= 4 is 11.7 Å². The molecule has 0 spiro atoms. The van der Waals surface area contributed by atoms with Gasteiger partial charge in [-0.15, -0.1) is 0 Å². The summed E-state index contributed by atoms with van der Waals surface area (Å²) >= 11 is 0. The van der Waals surface area contributed by atoms with Gasteiger partial charge < -0.3 is 10.5 Å². The Kier molecular flexibility index (Phi) is 2.24. The molecule has 1 amide bonds. The molecule has 1 aliphatic heterocycles. The molecule has 1 rings (SSSR count). The van der Waals surface area contributed by atoms with E-state index in [-0.39, 0.29) is 5.78 Å². The van der Waals surface area contributed by atoms with E-state index in [0.717, 1.165) is 6.42 Å². The lowest BCUT2D eigenvalue weighted by Gasteiger charge is -1.89. The number of amides is 1. The van der Waals surface area contributed by atoms with E-state index in [2.05, 4.69) is 0 Å². The number of epoxide rings is 1. The van der Waals surface area contributed by atoms with E-state index < -0.39 is 18.1 Å². The Morgan fingerprint density at radius 2 is 2.09 bits per heavy atom. The molecule has 0 bridgehead atoms. The van der Waals surface area contributed by atoms with Gasteiger partial charge in [0, 0.05) is 6.42 Å². The van der Waals surface area contributed by atoms with Crippen molar-refractivity contribution < 1.29 is 14.3 Å². The number of hydrogen-bond donors (Lipinski definition) is 1. The predicted octanol–water partition coefficient (Wildman–Crippen LogP) is -0.392. The van der Waals surface area contributed by atoms with Crippen LogP contribution in [0.2, 0.25) is 0 Å². The van der Waals surface area contributed by atoms with Crippen molar-refractivity contribution in [3.05, 3.63) is 0 Å². The molecule has 0 aromatic rings. The highest BCUT2D eigenvalue weighted by Gasteiger charge is 2.48. The van der Waals surface area contributed by atoms with Crippen LogP contribution in [0.3, 0.4) is 0 Å². The SMILES string of the molecule is CCCC(=O)[C@@H]1O[C@@H]1C(N)=O. The zero-order valence-electron chi connectivity index (χ0n) is 6.37. The van der Waals surface area contributed by atoms with E-state index in [4.69, 9.17) is 10.5 Å². The molecule has 0 radical (unpaired) electrons. The van der Waals surface area contributed by atoms with Gasteiger partial charge in [-0.1, -0.05) is 6.92 Å². The van der Waals surface area contributed by atoms with Gasteiger partial charge in [0.2, 0.25) is 5.91 Å². The topological polar surface area (TPSA) is 72.7 Å². The second-order valence-electron chi connectivity index (χ2n) is 2.60. The summed E-state index contributed by atoms with van der Waals surface area (Å²) in [5.74, 6) is -0.559. The summed E-state index contributed by atoms with van der Waals surface area (Å²) in [7, 11) is 0. The van der Waals surface area contributed by atoms with Crippen LogP contribution in [0.4, 0.5) is 0 Å². The van der Waals surface area contributed by atoms with Gasteiger partial charge >= 0.3 is 0 Å². The molecule has 1 saturated heterocycles. The number of carbonyl (C=O) groups excluding carboxylic acids is 2. The van der Waals surface area contributed by atoms with E-state index in [1.54, 1.807) is 0 Å². The number of rotatable bonds is 4. The Hall–Kier alpha value is -0.900. The first-order valence-corrected chi connectivity index (χ1v) is 3.64. The molecule has 1 heterocycles. The highest BCUT2D eigenvalue weighted by molar-refractivity contribution is 5.95. The van der Waals surface area contributed by atoms with Crippen molar-refractivity contribution in [2.45, 2.75) is 32.0 Å². The Balaban J connectivity index is 2.32. The average molecular weight is 157 g/mol. The quantitative estimate of drug-likeness (QED) is 0.565. The summed E-state index contributed by atoms with van der Waals surface area (Å²) in [6.07, 6.45) is 0.0695. The van der Waals surface area contributed by atoms with Crippen LogP contribution in [0.25, 0.3) is 0 Å². The highest BCUT2D eigenvalue weighted by atomic mass is 16.6. The number of Topliss-reactive ketones (excluding diaryl/α,β-unsaturated/α-hetero) is 1. The van der Waals surface area contributed by atoms with Crippen molar-refractivity contribution in [3.63, 3.8) is 0 Å². The minimum Gasteiger partial charge on any atom is -0.367 e. The molecule has 0 aromatic heterocycles. The Labute approximate surface area is 64.7 Å². The normalized spacial score (nSPS) is 28.1. The van der Waals surface area contributed by atoms with Gasteiger partial charge in [-0.25, -0.2) is 0 Å². The second kappa shape index (κ2) is 3.00. The molecule has 62 valence electrons. The van der Waals surface area contributed by atoms with Crippen LogP contribution in [0.5, 0.6) is 0 Å². The molecule has 11 heavy (non-hydrogen) atoms. The summed E-state index contributed by atoms with van der Waals surface area (Å²) in [6.45, 7) is 1.90. The molecular weight excluding hydrogens is 146 g/mol. The molecular formula is C7H11NO3. The molecule has 1 aliphatic rings. The molecule has 4 nitrogen and oxygen atoms in total. The van der Waals surface area contributed by atoms with E-state index in [9.17, 15) is 9.59 Å².